The second-order valence-electron chi connectivity index (χ2n) is 5.76. The van der Waals surface area contributed by atoms with E-state index in [9.17, 15) is 14.4 Å². The van der Waals surface area contributed by atoms with Gasteiger partial charge < -0.3 is 10.00 Å². The Balaban J connectivity index is 2.25. The summed E-state index contributed by atoms with van der Waals surface area (Å²) in [7, 11) is 0.469. The molecule has 0 aliphatic carbocycles. The number of hydrogen-bond acceptors (Lipinski definition) is 3. The average molecular weight is 331 g/mol. The molecule has 6 nitrogen and oxygen atoms in total. The number of nitrogens with one attached hydrogen (secondary N) is 1. The molecule has 1 aliphatic heterocycles. The number of benzene rings is 1. The van der Waals surface area contributed by atoms with Gasteiger partial charge >= 0.3 is 0 Å². The summed E-state index contributed by atoms with van der Waals surface area (Å²) < 4.78 is 1.56. The summed E-state index contributed by atoms with van der Waals surface area (Å²) in [6.07, 6.45) is 1.68. The van der Waals surface area contributed by atoms with Crippen LogP contribution in [0.25, 0.3) is 11.1 Å². The van der Waals surface area contributed by atoms with Gasteiger partial charge in [0.05, 0.1) is 11.3 Å². The van der Waals surface area contributed by atoms with E-state index < -0.39 is 10.5 Å². The maximum atomic E-state index is 12.5. The Morgan fingerprint density at radius 3 is 2.48 bits per heavy atom. The van der Waals surface area contributed by atoms with E-state index in [0.717, 1.165) is 11.1 Å². The van der Waals surface area contributed by atoms with Gasteiger partial charge in [0.1, 0.15) is 0 Å². The molecule has 0 saturated carbocycles. The van der Waals surface area contributed by atoms with Crippen molar-refractivity contribution < 1.29 is 9.59 Å². The van der Waals surface area contributed by atoms with Crippen LogP contribution in [0.5, 0.6) is 0 Å². The first-order valence-corrected chi connectivity index (χ1v) is 8.44. The van der Waals surface area contributed by atoms with Crippen LogP contribution in [0.1, 0.15) is 25.5 Å². The Morgan fingerprint density at radius 2 is 1.91 bits per heavy atom. The van der Waals surface area contributed by atoms with Gasteiger partial charge in [0.2, 0.25) is 0 Å². The molecule has 2 aromatic rings. The average Bonchev–Trinajstić information content (AvgIpc) is 2.99. The first-order chi connectivity index (χ1) is 10.9. The summed E-state index contributed by atoms with van der Waals surface area (Å²) >= 11 is 0. The van der Waals surface area contributed by atoms with E-state index in [1.807, 2.05) is 26.0 Å². The number of aromatic amines is 1. The van der Waals surface area contributed by atoms with E-state index in [-0.39, 0.29) is 16.8 Å². The van der Waals surface area contributed by atoms with E-state index in [1.54, 1.807) is 30.1 Å². The van der Waals surface area contributed by atoms with Gasteiger partial charge in [-0.3, -0.25) is 14.3 Å². The summed E-state index contributed by atoms with van der Waals surface area (Å²) in [5, 5.41) is 4.54. The van der Waals surface area contributed by atoms with Crippen molar-refractivity contribution in [3.63, 3.8) is 0 Å². The van der Waals surface area contributed by atoms with Crippen molar-refractivity contribution in [2.24, 2.45) is 0 Å². The van der Waals surface area contributed by atoms with Gasteiger partial charge in [-0.05, 0) is 38.0 Å². The Hall–Kier alpha value is -2.37. The summed E-state index contributed by atoms with van der Waals surface area (Å²) in [6, 6.07) is 3.58. The molecule has 1 aromatic heterocycles. The van der Waals surface area contributed by atoms with E-state index in [2.05, 4.69) is 5.10 Å². The van der Waals surface area contributed by atoms with Crippen LogP contribution in [0.4, 0.5) is 10.5 Å². The number of anilines is 1. The molecule has 0 radical (unpaired) electrons. The summed E-state index contributed by atoms with van der Waals surface area (Å²) in [6.45, 7) is 5.71. The minimum absolute atomic E-state index is 0.0331. The van der Waals surface area contributed by atoms with Crippen LogP contribution in [0.15, 0.2) is 28.0 Å². The quantitative estimate of drug-likeness (QED) is 0.860. The van der Waals surface area contributed by atoms with Gasteiger partial charge in [0, 0.05) is 34.7 Å². The molecule has 1 amide bonds. The third-order valence-electron chi connectivity index (χ3n) is 4.08. The SMILES string of the molecule is Cc1c(-c2c[nH]n(C(C)C)c2=O)ccc2c1N(C)C(=O)S2=C=O. The molecule has 1 aromatic carbocycles. The van der Waals surface area contributed by atoms with Crippen molar-refractivity contribution in [3.05, 3.63) is 34.2 Å². The second kappa shape index (κ2) is 5.37. The van der Waals surface area contributed by atoms with Crippen LogP contribution in [0.2, 0.25) is 0 Å². The van der Waals surface area contributed by atoms with Crippen molar-refractivity contribution in [3.8, 4) is 11.1 Å². The van der Waals surface area contributed by atoms with Crippen molar-refractivity contribution in [1.82, 2.24) is 9.78 Å². The fourth-order valence-electron chi connectivity index (χ4n) is 2.91. The number of fused-ring (bicyclic) bond motifs is 1. The number of hydrogen-bond donors (Lipinski definition) is 1. The van der Waals surface area contributed by atoms with Gasteiger partial charge in [-0.2, -0.15) is 0 Å². The first-order valence-electron chi connectivity index (χ1n) is 7.22. The number of nitrogens with zero attached hydrogens (tertiary/aromatic N) is 2. The molecule has 7 heteroatoms. The van der Waals surface area contributed by atoms with Crippen LogP contribution < -0.4 is 10.5 Å². The Bertz CT molecular complexity index is 933. The van der Waals surface area contributed by atoms with Gasteiger partial charge in [0.25, 0.3) is 10.8 Å². The van der Waals surface area contributed by atoms with Crippen LogP contribution in [0.3, 0.4) is 0 Å². The highest BCUT2D eigenvalue weighted by atomic mass is 32.2. The number of rotatable bonds is 2. The normalized spacial score (nSPS) is 16.8. The number of aromatic nitrogens is 2. The molecule has 1 aliphatic rings. The van der Waals surface area contributed by atoms with Crippen molar-refractivity contribution >= 4 is 26.6 Å². The van der Waals surface area contributed by atoms with Crippen LogP contribution in [-0.4, -0.2) is 27.3 Å². The van der Waals surface area contributed by atoms with E-state index in [4.69, 9.17) is 0 Å². The zero-order valence-corrected chi connectivity index (χ0v) is 14.2. The molecular formula is C16H17N3O3S. The molecule has 1 unspecified atom stereocenters. The lowest BCUT2D eigenvalue weighted by molar-refractivity contribution is 0.266. The number of amides is 1. The maximum Gasteiger partial charge on any atom is 0.294 e. The number of carbonyl (C=O) groups excluding carboxylic acids is 2. The van der Waals surface area contributed by atoms with E-state index >= 15 is 0 Å². The van der Waals surface area contributed by atoms with E-state index in [0.29, 0.717) is 16.1 Å². The summed E-state index contributed by atoms with van der Waals surface area (Å²) in [5.41, 5.74) is 2.74. The van der Waals surface area contributed by atoms with Crippen molar-refractivity contribution in [2.75, 3.05) is 11.9 Å². The van der Waals surface area contributed by atoms with Gasteiger partial charge in [-0.25, -0.2) is 4.79 Å². The fourth-order valence-corrected chi connectivity index (χ4v) is 4.31. The predicted octanol–water partition coefficient (Wildman–Crippen LogP) is 3.00. The summed E-state index contributed by atoms with van der Waals surface area (Å²) in [4.78, 5) is 37.9. The first kappa shape index (κ1) is 15.5. The van der Waals surface area contributed by atoms with Crippen LogP contribution >= 0.6 is 10.5 Å². The molecule has 2 heterocycles. The molecular weight excluding hydrogens is 314 g/mol. The molecule has 0 fully saturated rings. The minimum Gasteiger partial charge on any atom is -0.304 e. The third-order valence-corrected chi connectivity index (χ3v) is 5.64. The molecule has 1 N–H and O–H groups in total. The molecule has 0 spiro atoms. The Labute approximate surface area is 135 Å². The fraction of sp³-hybridized carbons (Fsp3) is 0.312. The maximum absolute atomic E-state index is 12.5. The lowest BCUT2D eigenvalue weighted by atomic mass is 10.0. The van der Waals surface area contributed by atoms with Crippen LogP contribution in [0, 0.1) is 6.92 Å². The number of H-pyrrole nitrogens is 1. The zero-order valence-electron chi connectivity index (χ0n) is 13.3. The van der Waals surface area contributed by atoms with Crippen LogP contribution in [-0.2, 0) is 4.79 Å². The largest absolute Gasteiger partial charge is 0.304 e. The highest BCUT2D eigenvalue weighted by Crippen LogP contribution is 2.47. The highest BCUT2D eigenvalue weighted by molar-refractivity contribution is 8.28. The highest BCUT2D eigenvalue weighted by Gasteiger charge is 2.32. The van der Waals surface area contributed by atoms with Gasteiger partial charge in [0.15, 0.2) is 5.23 Å². The molecule has 0 bridgehead atoms. The molecule has 0 saturated heterocycles. The topological polar surface area (TPSA) is 75.2 Å². The van der Waals surface area contributed by atoms with Gasteiger partial charge in [-0.1, -0.05) is 6.07 Å². The lowest BCUT2D eigenvalue weighted by Crippen LogP contribution is -2.20. The third kappa shape index (κ3) is 2.12. The standard InChI is InChI=1S/C16H17N3O3S/c1-9(2)19-15(21)12(7-17-19)11-5-6-13-14(10(11)3)18(4)16(22)23(13)8-20/h5-7,9,17H,1-4H3. The smallest absolute Gasteiger partial charge is 0.294 e. The molecule has 120 valence electrons. The number of carbonyl (C=O) groups is 1. The zero-order chi connectivity index (χ0) is 16.9. The van der Waals surface area contributed by atoms with Crippen molar-refractivity contribution in [1.29, 1.82) is 0 Å². The van der Waals surface area contributed by atoms with Gasteiger partial charge in [-0.15, -0.1) is 0 Å². The minimum atomic E-state index is -1.18. The molecule has 1 atom stereocenters. The van der Waals surface area contributed by atoms with Crippen molar-refractivity contribution in [2.45, 2.75) is 31.7 Å². The lowest BCUT2D eigenvalue weighted by Gasteiger charge is -2.14. The molecule has 23 heavy (non-hydrogen) atoms. The second-order valence-corrected chi connectivity index (χ2v) is 7.32. The Morgan fingerprint density at radius 1 is 1.22 bits per heavy atom. The molecule has 3 rings (SSSR count). The summed E-state index contributed by atoms with van der Waals surface area (Å²) in [5.74, 6) is 0. The predicted molar refractivity (Wildman–Crippen MR) is 91.0 cm³/mol. The van der Waals surface area contributed by atoms with E-state index in [1.165, 1.54) is 4.90 Å². The Kier molecular flexibility index (Phi) is 3.62. The monoisotopic (exact) mass is 331 g/mol.